The first-order valence-electron chi connectivity index (χ1n) is 5.78. The lowest BCUT2D eigenvalue weighted by Crippen LogP contribution is -1.94. The van der Waals surface area contributed by atoms with Crippen molar-refractivity contribution < 1.29 is 0 Å². The van der Waals surface area contributed by atoms with Gasteiger partial charge < -0.3 is 5.73 Å². The van der Waals surface area contributed by atoms with E-state index in [0.717, 1.165) is 35.5 Å². The van der Waals surface area contributed by atoms with E-state index in [1.54, 1.807) is 11.3 Å². The van der Waals surface area contributed by atoms with E-state index >= 15 is 0 Å². The number of hydrogen-bond donors (Lipinski definition) is 1. The Labute approximate surface area is 130 Å². The summed E-state index contributed by atoms with van der Waals surface area (Å²) in [5.74, 6) is 0. The van der Waals surface area contributed by atoms with Crippen molar-refractivity contribution in [3.05, 3.63) is 42.9 Å². The first kappa shape index (κ1) is 14.1. The fraction of sp³-hybridized carbons (Fsp3) is 0.308. The maximum atomic E-state index is 6.23. The molecule has 0 bridgehead atoms. The molecule has 0 radical (unpaired) electrons. The Bertz CT molecular complexity index is 554. The smallest absolute Gasteiger partial charge is 0.180 e. The maximum Gasteiger partial charge on any atom is 0.180 e. The van der Waals surface area contributed by atoms with Crippen molar-refractivity contribution in [3.8, 4) is 0 Å². The molecule has 1 aromatic carbocycles. The molecule has 0 aliphatic carbocycles. The van der Waals surface area contributed by atoms with E-state index in [0.29, 0.717) is 5.13 Å². The third kappa shape index (κ3) is 3.36. The van der Waals surface area contributed by atoms with Crippen LogP contribution in [0.3, 0.4) is 0 Å². The Balaban J connectivity index is 2.30. The van der Waals surface area contributed by atoms with Crippen LogP contribution in [-0.4, -0.2) is 4.98 Å². The van der Waals surface area contributed by atoms with Gasteiger partial charge in [-0.3, -0.25) is 0 Å². The molecule has 0 aliphatic rings. The highest BCUT2D eigenvalue weighted by atomic mass is 127. The van der Waals surface area contributed by atoms with Crippen LogP contribution in [0.1, 0.15) is 29.5 Å². The van der Waals surface area contributed by atoms with E-state index in [-0.39, 0.29) is 0 Å². The van der Waals surface area contributed by atoms with Gasteiger partial charge in [0.25, 0.3) is 0 Å². The van der Waals surface area contributed by atoms with Gasteiger partial charge in [0.2, 0.25) is 0 Å². The number of rotatable bonds is 4. The summed E-state index contributed by atoms with van der Waals surface area (Å²) in [6.45, 7) is 2.15. The van der Waals surface area contributed by atoms with Crippen molar-refractivity contribution in [1.29, 1.82) is 0 Å². The number of aryl methyl sites for hydroxylation is 1. The van der Waals surface area contributed by atoms with E-state index in [1.807, 2.05) is 12.1 Å². The molecule has 2 N–H and O–H groups in total. The highest BCUT2D eigenvalue weighted by molar-refractivity contribution is 14.1. The van der Waals surface area contributed by atoms with E-state index in [1.165, 1.54) is 8.45 Å². The van der Waals surface area contributed by atoms with E-state index in [2.05, 4.69) is 40.6 Å². The van der Waals surface area contributed by atoms with E-state index in [4.69, 9.17) is 17.3 Å². The number of nitrogens with zero attached hydrogens (tertiary/aromatic N) is 1. The van der Waals surface area contributed by atoms with Crippen LogP contribution >= 0.6 is 45.5 Å². The molecule has 2 nitrogen and oxygen atoms in total. The quantitative estimate of drug-likeness (QED) is 0.777. The summed E-state index contributed by atoms with van der Waals surface area (Å²) in [5, 5.41) is 1.46. The van der Waals surface area contributed by atoms with Crippen LogP contribution in [0.15, 0.2) is 18.2 Å². The summed E-state index contributed by atoms with van der Waals surface area (Å²) in [6, 6.07) is 6.08. The van der Waals surface area contributed by atoms with Crippen LogP contribution in [-0.2, 0) is 12.8 Å². The van der Waals surface area contributed by atoms with Crippen molar-refractivity contribution in [2.24, 2.45) is 0 Å². The highest BCUT2D eigenvalue weighted by Crippen LogP contribution is 2.28. The fourth-order valence-electron chi connectivity index (χ4n) is 1.83. The number of hydrogen-bond acceptors (Lipinski definition) is 3. The van der Waals surface area contributed by atoms with Gasteiger partial charge in [0, 0.05) is 19.9 Å². The maximum absolute atomic E-state index is 6.23. The topological polar surface area (TPSA) is 38.9 Å². The highest BCUT2D eigenvalue weighted by Gasteiger charge is 2.11. The zero-order valence-electron chi connectivity index (χ0n) is 10.0. The molecular formula is C13H14ClIN2S. The number of nitrogen functional groups attached to an aromatic ring is 1. The molecule has 0 fully saturated rings. The number of nitrogens with two attached hydrogens (primary N) is 1. The first-order valence-corrected chi connectivity index (χ1v) is 8.05. The van der Waals surface area contributed by atoms with Crippen LogP contribution in [0.2, 0.25) is 5.02 Å². The molecule has 1 heterocycles. The number of benzene rings is 1. The largest absolute Gasteiger partial charge is 0.375 e. The standard InChI is InChI=1S/C13H14ClIN2S/c1-2-3-11-12(18-13(16)17-11)7-8-6-9(15)4-5-10(8)14/h4-6H,2-3,7H2,1H3,(H2,16,17). The van der Waals surface area contributed by atoms with Gasteiger partial charge in [-0.2, -0.15) is 0 Å². The Kier molecular flexibility index (Phi) is 4.86. The molecule has 0 amide bonds. The monoisotopic (exact) mass is 392 g/mol. The molecule has 1 aromatic heterocycles. The molecule has 0 saturated carbocycles. The fourth-order valence-corrected chi connectivity index (χ4v) is 3.47. The Morgan fingerprint density at radius 1 is 1.44 bits per heavy atom. The van der Waals surface area contributed by atoms with Gasteiger partial charge in [-0.05, 0) is 52.8 Å². The lowest BCUT2D eigenvalue weighted by atomic mass is 10.1. The minimum atomic E-state index is 0.648. The molecule has 96 valence electrons. The summed E-state index contributed by atoms with van der Waals surface area (Å²) in [7, 11) is 0. The molecule has 2 aromatic rings. The third-order valence-corrected chi connectivity index (χ3v) is 4.61. The lowest BCUT2D eigenvalue weighted by molar-refractivity contribution is 0.879. The molecule has 0 spiro atoms. The summed E-state index contributed by atoms with van der Waals surface area (Å²) in [4.78, 5) is 5.63. The SMILES string of the molecule is CCCc1nc(N)sc1Cc1cc(I)ccc1Cl. The Morgan fingerprint density at radius 3 is 2.94 bits per heavy atom. The first-order chi connectivity index (χ1) is 8.60. The van der Waals surface area contributed by atoms with Crippen molar-refractivity contribution in [2.75, 3.05) is 5.73 Å². The third-order valence-electron chi connectivity index (χ3n) is 2.64. The van der Waals surface area contributed by atoms with Gasteiger partial charge in [0.15, 0.2) is 5.13 Å². The molecule has 0 aliphatic heterocycles. The number of anilines is 1. The van der Waals surface area contributed by atoms with Gasteiger partial charge in [-0.15, -0.1) is 11.3 Å². The van der Waals surface area contributed by atoms with E-state index < -0.39 is 0 Å². The van der Waals surface area contributed by atoms with Gasteiger partial charge in [0.05, 0.1) is 5.69 Å². The molecule has 18 heavy (non-hydrogen) atoms. The average molecular weight is 393 g/mol. The summed E-state index contributed by atoms with van der Waals surface area (Å²) >= 11 is 10.1. The predicted octanol–water partition coefficient (Wildman–Crippen LogP) is 4.53. The van der Waals surface area contributed by atoms with Crippen molar-refractivity contribution in [3.63, 3.8) is 0 Å². The van der Waals surface area contributed by atoms with Crippen LogP contribution in [0.25, 0.3) is 0 Å². The summed E-state index contributed by atoms with van der Waals surface area (Å²) in [6.07, 6.45) is 2.88. The van der Waals surface area contributed by atoms with Gasteiger partial charge in [-0.1, -0.05) is 24.9 Å². The normalized spacial score (nSPS) is 10.8. The van der Waals surface area contributed by atoms with Crippen molar-refractivity contribution in [2.45, 2.75) is 26.2 Å². The second kappa shape index (κ2) is 6.21. The zero-order chi connectivity index (χ0) is 13.1. The lowest BCUT2D eigenvalue weighted by Gasteiger charge is -2.05. The van der Waals surface area contributed by atoms with Crippen LogP contribution in [0.4, 0.5) is 5.13 Å². The Morgan fingerprint density at radius 2 is 2.22 bits per heavy atom. The minimum absolute atomic E-state index is 0.648. The zero-order valence-corrected chi connectivity index (χ0v) is 13.8. The molecular weight excluding hydrogens is 379 g/mol. The second-order valence-electron chi connectivity index (χ2n) is 4.08. The number of halogens is 2. The van der Waals surface area contributed by atoms with E-state index in [9.17, 15) is 0 Å². The van der Waals surface area contributed by atoms with Crippen LogP contribution < -0.4 is 5.73 Å². The molecule has 5 heteroatoms. The van der Waals surface area contributed by atoms with Crippen LogP contribution in [0.5, 0.6) is 0 Å². The molecule has 0 unspecified atom stereocenters. The number of thiazole rings is 1. The minimum Gasteiger partial charge on any atom is -0.375 e. The summed E-state index contributed by atoms with van der Waals surface area (Å²) < 4.78 is 1.20. The van der Waals surface area contributed by atoms with Gasteiger partial charge >= 0.3 is 0 Å². The molecule has 2 rings (SSSR count). The van der Waals surface area contributed by atoms with Crippen LogP contribution in [0, 0.1) is 3.57 Å². The van der Waals surface area contributed by atoms with Crippen molar-refractivity contribution >= 4 is 50.7 Å². The summed E-state index contributed by atoms with van der Waals surface area (Å²) in [5.41, 5.74) is 8.07. The van der Waals surface area contributed by atoms with Crippen molar-refractivity contribution in [1.82, 2.24) is 4.98 Å². The van der Waals surface area contributed by atoms with Gasteiger partial charge in [0.1, 0.15) is 0 Å². The molecule has 0 saturated heterocycles. The molecule has 0 atom stereocenters. The predicted molar refractivity (Wildman–Crippen MR) is 87.5 cm³/mol. The average Bonchev–Trinajstić information content (AvgIpc) is 2.65. The second-order valence-corrected chi connectivity index (χ2v) is 6.85. The number of aromatic nitrogens is 1. The van der Waals surface area contributed by atoms with Gasteiger partial charge in [-0.25, -0.2) is 4.98 Å². The Hall–Kier alpha value is -0.330.